The van der Waals surface area contributed by atoms with E-state index in [1.165, 1.54) is 0 Å². The molecule has 1 saturated heterocycles. The summed E-state index contributed by atoms with van der Waals surface area (Å²) in [6, 6.07) is 22.2. The van der Waals surface area contributed by atoms with Gasteiger partial charge in [0.1, 0.15) is 11.4 Å². The van der Waals surface area contributed by atoms with Gasteiger partial charge in [-0.15, -0.1) is 17.8 Å². The minimum atomic E-state index is -0.630. The minimum Gasteiger partial charge on any atom is -0.357 e. The molecule has 1 fully saturated rings. The van der Waals surface area contributed by atoms with E-state index in [-0.39, 0.29) is 5.91 Å². The van der Waals surface area contributed by atoms with Crippen LogP contribution in [-0.4, -0.2) is 17.9 Å². The van der Waals surface area contributed by atoms with Gasteiger partial charge in [-0.25, -0.2) is 0 Å². The van der Waals surface area contributed by atoms with Crippen LogP contribution in [0.5, 0.6) is 0 Å². The van der Waals surface area contributed by atoms with E-state index in [2.05, 4.69) is 48.1 Å². The maximum Gasteiger partial charge on any atom is 0.230 e. The van der Waals surface area contributed by atoms with Crippen molar-refractivity contribution in [2.75, 3.05) is 7.05 Å². The van der Waals surface area contributed by atoms with Gasteiger partial charge >= 0.3 is 0 Å². The second-order valence-corrected chi connectivity index (χ2v) is 7.95. The predicted octanol–water partition coefficient (Wildman–Crippen LogP) is 4.56. The second kappa shape index (κ2) is 7.03. The van der Waals surface area contributed by atoms with Gasteiger partial charge in [-0.1, -0.05) is 55.0 Å². The van der Waals surface area contributed by atoms with Crippen LogP contribution in [0.3, 0.4) is 0 Å². The van der Waals surface area contributed by atoms with Crippen LogP contribution < -0.4 is 5.32 Å². The topological polar surface area (TPSA) is 32.3 Å². The molecule has 1 amide bonds. The fourth-order valence-electron chi connectivity index (χ4n) is 3.54. The van der Waals surface area contributed by atoms with Crippen LogP contribution >= 0.6 is 11.3 Å². The predicted molar refractivity (Wildman–Crippen MR) is 115 cm³/mol. The Morgan fingerprint density at radius 2 is 1.93 bits per heavy atom. The molecule has 4 heteroatoms. The molecular weight excluding hydrogens is 364 g/mol. The van der Waals surface area contributed by atoms with Crippen molar-refractivity contribution in [3.8, 4) is 22.8 Å². The van der Waals surface area contributed by atoms with Gasteiger partial charge in [0.05, 0.1) is 6.42 Å². The molecular formula is C24H20N2OS. The van der Waals surface area contributed by atoms with Gasteiger partial charge in [0, 0.05) is 22.4 Å². The van der Waals surface area contributed by atoms with E-state index in [0.717, 1.165) is 26.4 Å². The standard InChI is InChI=1S/C24H20N2OS/c1-4-18-9-8-10-19(15-18)21-13-14-22(28-21)24(20-11-6-5-7-12-20)16-23(27)26(3)17(2)25-24/h1,5-15,25H,2,16H2,3H3. The number of carbonyl (C=O) groups excluding carboxylic acids is 1. The maximum atomic E-state index is 12.7. The quantitative estimate of drug-likeness (QED) is 0.671. The van der Waals surface area contributed by atoms with Crippen molar-refractivity contribution < 1.29 is 4.79 Å². The normalized spacial score (nSPS) is 19.2. The fraction of sp³-hybridized carbons (Fsp3) is 0.125. The summed E-state index contributed by atoms with van der Waals surface area (Å²) in [7, 11) is 1.75. The van der Waals surface area contributed by atoms with Gasteiger partial charge in [-0.3, -0.25) is 4.79 Å². The number of hydrogen-bond donors (Lipinski definition) is 1. The average Bonchev–Trinajstić information content (AvgIpc) is 3.23. The Hall–Kier alpha value is -3.29. The van der Waals surface area contributed by atoms with Gasteiger partial charge in [-0.05, 0) is 35.4 Å². The van der Waals surface area contributed by atoms with E-state index < -0.39 is 5.54 Å². The number of carbonyl (C=O) groups is 1. The average molecular weight is 385 g/mol. The molecule has 1 unspecified atom stereocenters. The summed E-state index contributed by atoms with van der Waals surface area (Å²) in [5.41, 5.74) is 2.34. The molecule has 1 N–H and O–H groups in total. The Labute approximate surface area is 169 Å². The lowest BCUT2D eigenvalue weighted by Crippen LogP contribution is -2.54. The molecule has 4 rings (SSSR count). The zero-order valence-electron chi connectivity index (χ0n) is 15.6. The van der Waals surface area contributed by atoms with Gasteiger partial charge in [0.25, 0.3) is 0 Å². The maximum absolute atomic E-state index is 12.7. The lowest BCUT2D eigenvalue weighted by atomic mass is 9.83. The molecule has 0 spiro atoms. The van der Waals surface area contributed by atoms with Crippen LogP contribution in [0.1, 0.15) is 22.4 Å². The molecule has 1 aromatic heterocycles. The number of hydrogen-bond acceptors (Lipinski definition) is 3. The Morgan fingerprint density at radius 3 is 2.64 bits per heavy atom. The van der Waals surface area contributed by atoms with E-state index in [9.17, 15) is 4.79 Å². The molecule has 1 aliphatic heterocycles. The summed E-state index contributed by atoms with van der Waals surface area (Å²) in [6.45, 7) is 4.06. The third kappa shape index (κ3) is 3.00. The van der Waals surface area contributed by atoms with Crippen LogP contribution in [0, 0.1) is 12.3 Å². The molecule has 2 heterocycles. The third-order valence-corrected chi connectivity index (χ3v) is 6.46. The number of amides is 1. The number of rotatable bonds is 3. The highest BCUT2D eigenvalue weighted by molar-refractivity contribution is 7.15. The Balaban J connectivity index is 1.83. The van der Waals surface area contributed by atoms with Gasteiger partial charge in [0.2, 0.25) is 5.91 Å². The zero-order valence-corrected chi connectivity index (χ0v) is 16.4. The van der Waals surface area contributed by atoms with Gasteiger partial charge in [0.15, 0.2) is 0 Å². The Kier molecular flexibility index (Phi) is 4.54. The highest BCUT2D eigenvalue weighted by Crippen LogP contribution is 2.43. The summed E-state index contributed by atoms with van der Waals surface area (Å²) in [6.07, 6.45) is 5.88. The zero-order chi connectivity index (χ0) is 19.7. The third-order valence-electron chi connectivity index (χ3n) is 5.16. The van der Waals surface area contributed by atoms with Crippen LogP contribution in [0.25, 0.3) is 10.4 Å². The molecule has 138 valence electrons. The number of nitrogens with zero attached hydrogens (tertiary/aromatic N) is 1. The van der Waals surface area contributed by atoms with Gasteiger partial charge < -0.3 is 10.2 Å². The van der Waals surface area contributed by atoms with Crippen molar-refractivity contribution in [1.29, 1.82) is 0 Å². The van der Waals surface area contributed by atoms with Crippen molar-refractivity contribution in [3.63, 3.8) is 0 Å². The van der Waals surface area contributed by atoms with Crippen molar-refractivity contribution in [3.05, 3.63) is 95.1 Å². The van der Waals surface area contributed by atoms with E-state index in [0.29, 0.717) is 12.2 Å². The lowest BCUT2D eigenvalue weighted by molar-refractivity contribution is -0.131. The molecule has 0 radical (unpaired) electrons. The molecule has 0 bridgehead atoms. The highest BCUT2D eigenvalue weighted by Gasteiger charge is 2.43. The molecule has 3 nitrogen and oxygen atoms in total. The first kappa shape index (κ1) is 18.1. The molecule has 1 atom stereocenters. The van der Waals surface area contributed by atoms with E-state index >= 15 is 0 Å². The first-order chi connectivity index (χ1) is 13.5. The Bertz CT molecular complexity index is 1070. The lowest BCUT2D eigenvalue weighted by Gasteiger charge is -2.42. The summed E-state index contributed by atoms with van der Waals surface area (Å²) >= 11 is 1.67. The summed E-state index contributed by atoms with van der Waals surface area (Å²) in [4.78, 5) is 16.5. The largest absolute Gasteiger partial charge is 0.357 e. The summed E-state index contributed by atoms with van der Waals surface area (Å²) in [5.74, 6) is 3.33. The molecule has 0 aliphatic carbocycles. The van der Waals surface area contributed by atoms with E-state index in [4.69, 9.17) is 6.42 Å². The molecule has 2 aromatic carbocycles. The van der Waals surface area contributed by atoms with Crippen LogP contribution in [-0.2, 0) is 10.3 Å². The molecule has 1 aliphatic rings. The molecule has 0 saturated carbocycles. The second-order valence-electron chi connectivity index (χ2n) is 6.86. The van der Waals surface area contributed by atoms with Crippen LogP contribution in [0.4, 0.5) is 0 Å². The fourth-order valence-corrected chi connectivity index (χ4v) is 4.71. The van der Waals surface area contributed by atoms with Crippen molar-refractivity contribution in [1.82, 2.24) is 10.2 Å². The summed E-state index contributed by atoms with van der Waals surface area (Å²) < 4.78 is 0. The van der Waals surface area contributed by atoms with Crippen molar-refractivity contribution in [2.45, 2.75) is 12.0 Å². The number of nitrogens with one attached hydrogen (secondary N) is 1. The van der Waals surface area contributed by atoms with Crippen molar-refractivity contribution in [2.24, 2.45) is 0 Å². The SMILES string of the molecule is C#Cc1cccc(-c2ccc(C3(c4ccccc4)CC(=O)N(C)C(=C)N3)s2)c1. The molecule has 28 heavy (non-hydrogen) atoms. The monoisotopic (exact) mass is 384 g/mol. The first-order valence-corrected chi connectivity index (χ1v) is 9.82. The van der Waals surface area contributed by atoms with E-state index in [1.54, 1.807) is 23.3 Å². The van der Waals surface area contributed by atoms with Crippen molar-refractivity contribution >= 4 is 17.2 Å². The first-order valence-electron chi connectivity index (χ1n) is 9.00. The van der Waals surface area contributed by atoms with Crippen LogP contribution in [0.15, 0.2) is 79.1 Å². The highest BCUT2D eigenvalue weighted by atomic mass is 32.1. The number of benzene rings is 2. The van der Waals surface area contributed by atoms with Crippen LogP contribution in [0.2, 0.25) is 0 Å². The minimum absolute atomic E-state index is 0.0388. The number of terminal acetylenes is 1. The van der Waals surface area contributed by atoms with E-state index in [1.807, 2.05) is 36.4 Å². The van der Waals surface area contributed by atoms with Gasteiger partial charge in [-0.2, -0.15) is 0 Å². The number of thiophene rings is 1. The smallest absolute Gasteiger partial charge is 0.230 e. The molecule has 3 aromatic rings. The summed E-state index contributed by atoms with van der Waals surface area (Å²) in [5, 5.41) is 3.52. The Morgan fingerprint density at radius 1 is 1.14 bits per heavy atom.